The first-order chi connectivity index (χ1) is 14.4. The maximum absolute atomic E-state index is 13.2. The Morgan fingerprint density at radius 3 is 2.40 bits per heavy atom. The fourth-order valence-corrected chi connectivity index (χ4v) is 4.29. The fraction of sp³-hybridized carbons (Fsp3) is 0.480. The van der Waals surface area contributed by atoms with Gasteiger partial charge in [0.05, 0.1) is 5.41 Å². The molecule has 1 aliphatic heterocycles. The molecule has 1 saturated heterocycles. The zero-order valence-corrected chi connectivity index (χ0v) is 17.9. The zero-order valence-electron chi connectivity index (χ0n) is 17.9. The van der Waals surface area contributed by atoms with Crippen LogP contribution in [0.3, 0.4) is 0 Å². The Kier molecular flexibility index (Phi) is 5.89. The molecular weight excluding hydrogens is 374 g/mol. The van der Waals surface area contributed by atoms with Gasteiger partial charge >= 0.3 is 0 Å². The number of pyridine rings is 1. The highest BCUT2D eigenvalue weighted by Gasteiger charge is 2.47. The second-order valence-corrected chi connectivity index (χ2v) is 9.30. The summed E-state index contributed by atoms with van der Waals surface area (Å²) in [6, 6.07) is 12.7. The average Bonchev–Trinajstić information content (AvgIpc) is 3.45. The van der Waals surface area contributed by atoms with Gasteiger partial charge in [-0.1, -0.05) is 38.1 Å². The lowest BCUT2D eigenvalue weighted by Gasteiger charge is -2.29. The molecule has 30 heavy (non-hydrogen) atoms. The maximum atomic E-state index is 13.2. The molecule has 1 aromatic heterocycles. The van der Waals surface area contributed by atoms with Gasteiger partial charge in [-0.25, -0.2) is 0 Å². The van der Waals surface area contributed by atoms with E-state index < -0.39 is 5.41 Å². The van der Waals surface area contributed by atoms with Crippen LogP contribution in [0.2, 0.25) is 0 Å². The van der Waals surface area contributed by atoms with Gasteiger partial charge in [0.25, 0.3) is 0 Å². The Morgan fingerprint density at radius 2 is 1.77 bits per heavy atom. The molecule has 4 rings (SSSR count). The third kappa shape index (κ3) is 4.72. The summed E-state index contributed by atoms with van der Waals surface area (Å²) in [6.45, 7) is 5.30. The first-order valence-corrected chi connectivity index (χ1v) is 11.0. The van der Waals surface area contributed by atoms with Gasteiger partial charge in [0.2, 0.25) is 11.8 Å². The van der Waals surface area contributed by atoms with Crippen LogP contribution in [0.5, 0.6) is 0 Å². The molecule has 158 valence electrons. The largest absolute Gasteiger partial charge is 0.353 e. The molecule has 5 nitrogen and oxygen atoms in total. The van der Waals surface area contributed by atoms with E-state index in [0.29, 0.717) is 37.9 Å². The summed E-state index contributed by atoms with van der Waals surface area (Å²) < 4.78 is 0. The number of hydrogen-bond donors (Lipinski definition) is 1. The van der Waals surface area contributed by atoms with Crippen molar-refractivity contribution < 1.29 is 9.59 Å². The normalized spacial score (nSPS) is 21.1. The number of aromatic nitrogens is 1. The van der Waals surface area contributed by atoms with Crippen molar-refractivity contribution in [3.05, 3.63) is 54.4 Å². The summed E-state index contributed by atoms with van der Waals surface area (Å²) in [5, 5.41) is 3.21. The number of amides is 2. The van der Waals surface area contributed by atoms with E-state index >= 15 is 0 Å². The summed E-state index contributed by atoms with van der Waals surface area (Å²) in [5.74, 6) is 0.607. The van der Waals surface area contributed by atoms with Crippen LogP contribution in [-0.4, -0.2) is 40.8 Å². The Balaban J connectivity index is 1.52. The number of nitrogens with one attached hydrogen (secondary N) is 1. The van der Waals surface area contributed by atoms with Gasteiger partial charge in [-0.2, -0.15) is 0 Å². The highest BCUT2D eigenvalue weighted by molar-refractivity contribution is 5.86. The van der Waals surface area contributed by atoms with Gasteiger partial charge in [0, 0.05) is 37.9 Å². The molecule has 1 atom stereocenters. The average molecular weight is 406 g/mol. The van der Waals surface area contributed by atoms with Crippen molar-refractivity contribution in [2.45, 2.75) is 52.0 Å². The second-order valence-electron chi connectivity index (χ2n) is 9.30. The standard InChI is InChI=1S/C25H31N3O2/c1-18(2)15-23(29)28-14-11-25(17-28,24(30)27-22-7-8-22)16-19-3-5-20(6-4-19)21-9-12-26-13-10-21/h3-6,9-10,12-13,18,22H,7-8,11,14-17H2,1-2H3,(H,27,30)/t25-/m1/s1. The molecule has 0 bridgehead atoms. The minimum absolute atomic E-state index is 0.114. The van der Waals surface area contributed by atoms with E-state index in [4.69, 9.17) is 0 Å². The molecule has 2 aromatic rings. The highest BCUT2D eigenvalue weighted by atomic mass is 16.2. The Labute approximate surface area is 178 Å². The number of carbonyl (C=O) groups is 2. The van der Waals surface area contributed by atoms with Crippen molar-refractivity contribution in [1.82, 2.24) is 15.2 Å². The Hall–Kier alpha value is -2.69. The molecule has 2 amide bonds. The first-order valence-electron chi connectivity index (χ1n) is 11.0. The zero-order chi connectivity index (χ0) is 21.1. The SMILES string of the molecule is CC(C)CC(=O)N1CC[C@](Cc2ccc(-c3ccncc3)cc2)(C(=O)NC2CC2)C1. The monoisotopic (exact) mass is 405 g/mol. The van der Waals surface area contributed by atoms with E-state index in [1.807, 2.05) is 17.0 Å². The summed E-state index contributed by atoms with van der Waals surface area (Å²) in [6.07, 6.45) is 7.65. The smallest absolute Gasteiger partial charge is 0.228 e. The van der Waals surface area contributed by atoms with Crippen molar-refractivity contribution in [3.8, 4) is 11.1 Å². The summed E-state index contributed by atoms with van der Waals surface area (Å²) >= 11 is 0. The number of carbonyl (C=O) groups excluding carboxylic acids is 2. The predicted octanol–water partition coefficient (Wildman–Crippen LogP) is 3.83. The molecule has 2 aliphatic rings. The van der Waals surface area contributed by atoms with Crippen molar-refractivity contribution >= 4 is 11.8 Å². The van der Waals surface area contributed by atoms with E-state index in [-0.39, 0.29) is 11.8 Å². The lowest BCUT2D eigenvalue weighted by atomic mass is 9.79. The molecule has 1 aliphatic carbocycles. The van der Waals surface area contributed by atoms with Crippen LogP contribution in [0, 0.1) is 11.3 Å². The van der Waals surface area contributed by atoms with Crippen LogP contribution in [0.1, 0.15) is 45.1 Å². The van der Waals surface area contributed by atoms with Crippen molar-refractivity contribution in [2.24, 2.45) is 11.3 Å². The predicted molar refractivity (Wildman–Crippen MR) is 118 cm³/mol. The molecule has 0 radical (unpaired) electrons. The highest BCUT2D eigenvalue weighted by Crippen LogP contribution is 2.37. The van der Waals surface area contributed by atoms with Crippen LogP contribution in [0.4, 0.5) is 0 Å². The van der Waals surface area contributed by atoms with Gasteiger partial charge in [-0.05, 0) is 60.4 Å². The van der Waals surface area contributed by atoms with Crippen LogP contribution >= 0.6 is 0 Å². The molecule has 1 N–H and O–H groups in total. The minimum atomic E-state index is -0.534. The number of likely N-dealkylation sites (tertiary alicyclic amines) is 1. The van der Waals surface area contributed by atoms with Crippen LogP contribution < -0.4 is 5.32 Å². The Bertz CT molecular complexity index is 890. The minimum Gasteiger partial charge on any atom is -0.353 e. The summed E-state index contributed by atoms with van der Waals surface area (Å²) in [4.78, 5) is 31.9. The molecule has 5 heteroatoms. The van der Waals surface area contributed by atoms with Gasteiger partial charge in [-0.3, -0.25) is 14.6 Å². The van der Waals surface area contributed by atoms with Gasteiger partial charge in [-0.15, -0.1) is 0 Å². The van der Waals surface area contributed by atoms with Gasteiger partial charge < -0.3 is 10.2 Å². The van der Waals surface area contributed by atoms with E-state index in [2.05, 4.69) is 48.4 Å². The van der Waals surface area contributed by atoms with Gasteiger partial charge in [0.15, 0.2) is 0 Å². The van der Waals surface area contributed by atoms with Crippen LogP contribution in [0.25, 0.3) is 11.1 Å². The second kappa shape index (κ2) is 8.58. The molecule has 2 fully saturated rings. The number of rotatable bonds is 7. The third-order valence-electron chi connectivity index (χ3n) is 6.19. The summed E-state index contributed by atoms with van der Waals surface area (Å²) in [5.41, 5.74) is 2.87. The van der Waals surface area contributed by atoms with Crippen molar-refractivity contribution in [2.75, 3.05) is 13.1 Å². The number of hydrogen-bond acceptors (Lipinski definition) is 3. The fourth-order valence-electron chi connectivity index (χ4n) is 4.29. The molecule has 0 spiro atoms. The Morgan fingerprint density at radius 1 is 1.10 bits per heavy atom. The van der Waals surface area contributed by atoms with Crippen molar-refractivity contribution in [1.29, 1.82) is 0 Å². The van der Waals surface area contributed by atoms with E-state index in [9.17, 15) is 9.59 Å². The van der Waals surface area contributed by atoms with Crippen LogP contribution in [0.15, 0.2) is 48.8 Å². The lowest BCUT2D eigenvalue weighted by molar-refractivity contribution is -0.133. The maximum Gasteiger partial charge on any atom is 0.228 e. The molecule has 1 saturated carbocycles. The molecule has 1 aromatic carbocycles. The molecule has 2 heterocycles. The van der Waals surface area contributed by atoms with Gasteiger partial charge in [0.1, 0.15) is 0 Å². The van der Waals surface area contributed by atoms with E-state index in [1.165, 1.54) is 0 Å². The number of nitrogens with zero attached hydrogens (tertiary/aromatic N) is 2. The lowest BCUT2D eigenvalue weighted by Crippen LogP contribution is -2.46. The quantitative estimate of drug-likeness (QED) is 0.761. The molecular formula is C25H31N3O2. The molecule has 0 unspecified atom stereocenters. The van der Waals surface area contributed by atoms with E-state index in [1.54, 1.807) is 12.4 Å². The van der Waals surface area contributed by atoms with Crippen LogP contribution in [-0.2, 0) is 16.0 Å². The van der Waals surface area contributed by atoms with Crippen molar-refractivity contribution in [3.63, 3.8) is 0 Å². The van der Waals surface area contributed by atoms with E-state index in [0.717, 1.165) is 36.0 Å². The number of benzene rings is 1. The summed E-state index contributed by atoms with van der Waals surface area (Å²) in [7, 11) is 0. The first kappa shape index (κ1) is 20.6. The third-order valence-corrected chi connectivity index (χ3v) is 6.19. The topological polar surface area (TPSA) is 62.3 Å².